The van der Waals surface area contributed by atoms with Gasteiger partial charge in [-0.3, -0.25) is 9.59 Å². The normalized spacial score (nSPS) is 25.8. The lowest BCUT2D eigenvalue weighted by Gasteiger charge is -2.38. The monoisotopic (exact) mass is 331 g/mol. The maximum Gasteiger partial charge on any atom is 0.306 e. The minimum atomic E-state index is -0.838. The molecule has 1 aromatic rings. The Kier molecular flexibility index (Phi) is 4.63. The molecule has 1 aromatic carbocycles. The lowest BCUT2D eigenvalue weighted by Crippen LogP contribution is -2.51. The van der Waals surface area contributed by atoms with Gasteiger partial charge in [-0.15, -0.1) is 0 Å². The van der Waals surface area contributed by atoms with E-state index in [2.05, 4.69) is 0 Å². The average molecular weight is 331 g/mol. The van der Waals surface area contributed by atoms with Gasteiger partial charge in [-0.2, -0.15) is 0 Å². The number of aliphatic carboxylic acids is 1. The second-order valence-corrected chi connectivity index (χ2v) is 7.35. The zero-order valence-electron chi connectivity index (χ0n) is 14.2. The van der Waals surface area contributed by atoms with Crippen molar-refractivity contribution < 1.29 is 19.8 Å². The topological polar surface area (TPSA) is 77.8 Å². The smallest absolute Gasteiger partial charge is 0.306 e. The SMILES string of the molecule is CC(C)[C@@H](C(O)C1CCC[C@H]1C(=O)O)N1Cc2ccccc2C1=O. The number of aliphatic hydroxyl groups is 1. The number of benzene rings is 1. The van der Waals surface area contributed by atoms with Crippen LogP contribution in [0.4, 0.5) is 0 Å². The molecule has 2 unspecified atom stereocenters. The summed E-state index contributed by atoms with van der Waals surface area (Å²) < 4.78 is 0. The lowest BCUT2D eigenvalue weighted by atomic mass is 9.82. The van der Waals surface area contributed by atoms with E-state index in [1.165, 1.54) is 0 Å². The van der Waals surface area contributed by atoms with Gasteiger partial charge in [0, 0.05) is 18.0 Å². The van der Waals surface area contributed by atoms with E-state index in [1.54, 1.807) is 4.90 Å². The van der Waals surface area contributed by atoms with Crippen LogP contribution in [0.15, 0.2) is 24.3 Å². The highest BCUT2D eigenvalue weighted by Crippen LogP contribution is 2.39. The highest BCUT2D eigenvalue weighted by atomic mass is 16.4. The third kappa shape index (κ3) is 2.81. The van der Waals surface area contributed by atoms with Gasteiger partial charge >= 0.3 is 5.97 Å². The van der Waals surface area contributed by atoms with Gasteiger partial charge in [0.05, 0.1) is 18.1 Å². The quantitative estimate of drug-likeness (QED) is 0.869. The molecule has 4 atom stereocenters. The summed E-state index contributed by atoms with van der Waals surface area (Å²) in [5.41, 5.74) is 1.66. The van der Waals surface area contributed by atoms with Gasteiger partial charge in [0.15, 0.2) is 0 Å². The molecule has 1 amide bonds. The highest BCUT2D eigenvalue weighted by molar-refractivity contribution is 5.98. The van der Waals surface area contributed by atoms with Crippen molar-refractivity contribution in [1.82, 2.24) is 4.90 Å². The van der Waals surface area contributed by atoms with Gasteiger partial charge in [0.2, 0.25) is 0 Å². The summed E-state index contributed by atoms with van der Waals surface area (Å²) in [5, 5.41) is 20.4. The first kappa shape index (κ1) is 17.0. The number of carboxylic acid groups (broad SMARTS) is 1. The van der Waals surface area contributed by atoms with E-state index in [0.717, 1.165) is 12.0 Å². The summed E-state index contributed by atoms with van der Waals surface area (Å²) >= 11 is 0. The van der Waals surface area contributed by atoms with Crippen molar-refractivity contribution in [3.05, 3.63) is 35.4 Å². The van der Waals surface area contributed by atoms with Gasteiger partial charge < -0.3 is 15.1 Å². The summed E-state index contributed by atoms with van der Waals surface area (Å²) in [4.78, 5) is 26.0. The highest BCUT2D eigenvalue weighted by Gasteiger charge is 2.45. The van der Waals surface area contributed by atoms with Gasteiger partial charge in [0.1, 0.15) is 0 Å². The Bertz CT molecular complexity index is 642. The molecule has 1 saturated carbocycles. The average Bonchev–Trinajstić information content (AvgIpc) is 3.14. The standard InChI is InChI=1S/C19H25NO4/c1-11(2)16(17(21)14-8-5-9-15(14)19(23)24)20-10-12-6-3-4-7-13(12)18(20)22/h3-4,6-7,11,14-17,21H,5,8-10H2,1-2H3,(H,23,24)/t14?,15-,16+,17?/m1/s1. The van der Waals surface area contributed by atoms with Crippen molar-refractivity contribution in [3.8, 4) is 0 Å². The minimum absolute atomic E-state index is 0.0494. The van der Waals surface area contributed by atoms with Crippen LogP contribution in [0.25, 0.3) is 0 Å². The third-order valence-electron chi connectivity index (χ3n) is 5.57. The fraction of sp³-hybridized carbons (Fsp3) is 0.579. The Morgan fingerprint density at radius 1 is 1.25 bits per heavy atom. The number of carbonyl (C=O) groups is 2. The first-order chi connectivity index (χ1) is 11.4. The van der Waals surface area contributed by atoms with Crippen LogP contribution in [-0.4, -0.2) is 39.1 Å². The number of rotatable bonds is 5. The molecule has 5 nitrogen and oxygen atoms in total. The largest absolute Gasteiger partial charge is 0.481 e. The molecule has 1 fully saturated rings. The van der Waals surface area contributed by atoms with Crippen LogP contribution in [0.5, 0.6) is 0 Å². The minimum Gasteiger partial charge on any atom is -0.481 e. The molecule has 2 N–H and O–H groups in total. The van der Waals surface area contributed by atoms with Crippen molar-refractivity contribution in [3.63, 3.8) is 0 Å². The summed E-state index contributed by atoms with van der Waals surface area (Å²) in [6.45, 7) is 4.45. The van der Waals surface area contributed by atoms with Crippen LogP contribution in [0, 0.1) is 17.8 Å². The number of amides is 1. The molecule has 0 aromatic heterocycles. The number of fused-ring (bicyclic) bond motifs is 1. The fourth-order valence-electron chi connectivity index (χ4n) is 4.41. The van der Waals surface area contributed by atoms with Crippen LogP contribution in [0.1, 0.15) is 49.0 Å². The van der Waals surface area contributed by atoms with Gasteiger partial charge in [0.25, 0.3) is 5.91 Å². The van der Waals surface area contributed by atoms with Gasteiger partial charge in [-0.25, -0.2) is 0 Å². The van der Waals surface area contributed by atoms with Crippen molar-refractivity contribution in [2.45, 2.75) is 51.8 Å². The zero-order valence-corrected chi connectivity index (χ0v) is 14.2. The summed E-state index contributed by atoms with van der Waals surface area (Å²) in [6, 6.07) is 7.14. The summed E-state index contributed by atoms with van der Waals surface area (Å²) in [7, 11) is 0. The number of carboxylic acids is 1. The number of nitrogens with zero attached hydrogens (tertiary/aromatic N) is 1. The van der Waals surface area contributed by atoms with Crippen molar-refractivity contribution in [2.24, 2.45) is 17.8 Å². The Labute approximate surface area is 142 Å². The van der Waals surface area contributed by atoms with Crippen molar-refractivity contribution >= 4 is 11.9 Å². The Morgan fingerprint density at radius 3 is 2.58 bits per heavy atom. The van der Waals surface area contributed by atoms with E-state index in [9.17, 15) is 19.8 Å². The van der Waals surface area contributed by atoms with Crippen LogP contribution >= 0.6 is 0 Å². The molecular weight excluding hydrogens is 306 g/mol. The lowest BCUT2D eigenvalue weighted by molar-refractivity contribution is -0.145. The molecule has 0 bridgehead atoms. The van der Waals surface area contributed by atoms with E-state index in [4.69, 9.17) is 0 Å². The van der Waals surface area contributed by atoms with E-state index in [1.807, 2.05) is 38.1 Å². The van der Waals surface area contributed by atoms with Crippen LogP contribution in [0.2, 0.25) is 0 Å². The Balaban J connectivity index is 1.86. The first-order valence-electron chi connectivity index (χ1n) is 8.71. The third-order valence-corrected chi connectivity index (χ3v) is 5.57. The number of hydrogen-bond donors (Lipinski definition) is 2. The molecule has 1 heterocycles. The fourth-order valence-corrected chi connectivity index (χ4v) is 4.41. The molecule has 2 aliphatic rings. The first-order valence-corrected chi connectivity index (χ1v) is 8.71. The molecule has 130 valence electrons. The molecule has 0 saturated heterocycles. The molecule has 1 aliphatic heterocycles. The number of hydrogen-bond acceptors (Lipinski definition) is 3. The molecule has 5 heteroatoms. The van der Waals surface area contributed by atoms with Crippen molar-refractivity contribution in [1.29, 1.82) is 0 Å². The molecule has 0 radical (unpaired) electrons. The second kappa shape index (κ2) is 6.55. The van der Waals surface area contributed by atoms with E-state index in [-0.39, 0.29) is 23.8 Å². The molecular formula is C19H25NO4. The molecule has 0 spiro atoms. The van der Waals surface area contributed by atoms with Crippen LogP contribution < -0.4 is 0 Å². The van der Waals surface area contributed by atoms with Gasteiger partial charge in [-0.05, 0) is 30.4 Å². The molecule has 3 rings (SSSR count). The molecule has 24 heavy (non-hydrogen) atoms. The maximum absolute atomic E-state index is 12.8. The maximum atomic E-state index is 12.8. The number of aliphatic hydroxyl groups excluding tert-OH is 1. The summed E-state index contributed by atoms with van der Waals surface area (Å²) in [6.07, 6.45) is 1.32. The van der Waals surface area contributed by atoms with E-state index in [0.29, 0.717) is 24.9 Å². The van der Waals surface area contributed by atoms with E-state index >= 15 is 0 Å². The van der Waals surface area contributed by atoms with E-state index < -0.39 is 18.0 Å². The van der Waals surface area contributed by atoms with Gasteiger partial charge in [-0.1, -0.05) is 38.5 Å². The van der Waals surface area contributed by atoms with Crippen LogP contribution in [0.3, 0.4) is 0 Å². The van der Waals surface area contributed by atoms with Crippen molar-refractivity contribution in [2.75, 3.05) is 0 Å². The Morgan fingerprint density at radius 2 is 1.96 bits per heavy atom. The van der Waals surface area contributed by atoms with Crippen LogP contribution in [-0.2, 0) is 11.3 Å². The predicted octanol–water partition coefficient (Wildman–Crippen LogP) is 2.53. The zero-order chi connectivity index (χ0) is 17.4. The second-order valence-electron chi connectivity index (χ2n) is 7.35. The predicted molar refractivity (Wildman–Crippen MR) is 89.4 cm³/mol. The molecule has 1 aliphatic carbocycles. The summed E-state index contributed by atoms with van der Waals surface area (Å²) in [5.74, 6) is -1.65. The Hall–Kier alpha value is -1.88. The number of carbonyl (C=O) groups excluding carboxylic acids is 1.